The fourth-order valence-electron chi connectivity index (χ4n) is 1.77. The van der Waals surface area contributed by atoms with Crippen molar-refractivity contribution in [1.29, 1.82) is 0 Å². The van der Waals surface area contributed by atoms with E-state index in [1.54, 1.807) is 24.5 Å². The van der Waals surface area contributed by atoms with Crippen molar-refractivity contribution < 1.29 is 13.2 Å². The van der Waals surface area contributed by atoms with Gasteiger partial charge in [0.25, 0.3) is 0 Å². The number of sulfone groups is 1. The lowest BCUT2D eigenvalue weighted by atomic mass is 10.2. The van der Waals surface area contributed by atoms with Crippen LogP contribution in [-0.2, 0) is 16.4 Å². The topological polar surface area (TPSA) is 69.0 Å². The third-order valence-corrected chi connectivity index (χ3v) is 5.65. The average Bonchev–Trinajstić information content (AvgIpc) is 3.02. The Hall–Kier alpha value is -1.47. The molecule has 2 heterocycles. The molecule has 0 unspecified atom stereocenters. The van der Waals surface area contributed by atoms with Crippen molar-refractivity contribution in [3.8, 4) is 10.6 Å². The quantitative estimate of drug-likeness (QED) is 0.767. The van der Waals surface area contributed by atoms with Crippen LogP contribution in [0, 0.1) is 6.92 Å². The van der Waals surface area contributed by atoms with Gasteiger partial charge in [-0.1, -0.05) is 6.92 Å². The van der Waals surface area contributed by atoms with Gasteiger partial charge in [0.2, 0.25) is 0 Å². The molecule has 0 fully saturated rings. The molecule has 0 atom stereocenters. The van der Waals surface area contributed by atoms with Gasteiger partial charge in [-0.2, -0.15) is 5.10 Å². The van der Waals surface area contributed by atoms with Crippen LogP contribution in [0.4, 0.5) is 0 Å². The molecule has 0 saturated heterocycles. The van der Waals surface area contributed by atoms with Gasteiger partial charge in [0, 0.05) is 16.8 Å². The van der Waals surface area contributed by atoms with E-state index in [1.807, 2.05) is 19.1 Å². The second kappa shape index (κ2) is 5.88. The standard InChI is InChI=1S/C13H16N2O3S2/c1-3-20(17,18)7-6-15-8-11(9-16)13(14-15)12-5-4-10(2)19-12/h4-5,8-9H,3,6-7H2,1-2H3. The highest BCUT2D eigenvalue weighted by molar-refractivity contribution is 7.91. The predicted molar refractivity (Wildman–Crippen MR) is 80.0 cm³/mol. The molecule has 0 spiro atoms. The molecular formula is C13H16N2O3S2. The van der Waals surface area contributed by atoms with Crippen LogP contribution in [0.3, 0.4) is 0 Å². The number of carbonyl (C=O) groups is 1. The summed E-state index contributed by atoms with van der Waals surface area (Å²) in [6, 6.07) is 3.89. The molecule has 0 aromatic carbocycles. The number of rotatable bonds is 6. The Labute approximate surface area is 122 Å². The van der Waals surface area contributed by atoms with Crippen molar-refractivity contribution in [2.75, 3.05) is 11.5 Å². The SMILES string of the molecule is CCS(=O)(=O)CCn1cc(C=O)c(-c2ccc(C)s2)n1. The van der Waals surface area contributed by atoms with Crippen LogP contribution in [0.2, 0.25) is 0 Å². The zero-order valence-electron chi connectivity index (χ0n) is 11.4. The van der Waals surface area contributed by atoms with Crippen LogP contribution in [0.1, 0.15) is 22.2 Å². The highest BCUT2D eigenvalue weighted by Crippen LogP contribution is 2.28. The van der Waals surface area contributed by atoms with E-state index in [2.05, 4.69) is 5.10 Å². The fourth-order valence-corrected chi connectivity index (χ4v) is 3.40. The maximum Gasteiger partial charge on any atom is 0.153 e. The number of nitrogens with zero attached hydrogens (tertiary/aromatic N) is 2. The summed E-state index contributed by atoms with van der Waals surface area (Å²) in [4.78, 5) is 13.2. The third kappa shape index (κ3) is 3.34. The number of aldehydes is 1. The van der Waals surface area contributed by atoms with Crippen LogP contribution in [0.15, 0.2) is 18.3 Å². The number of thiophene rings is 1. The summed E-state index contributed by atoms with van der Waals surface area (Å²) in [5, 5.41) is 4.33. The molecule has 0 saturated carbocycles. The smallest absolute Gasteiger partial charge is 0.153 e. The first-order valence-electron chi connectivity index (χ1n) is 6.25. The lowest BCUT2D eigenvalue weighted by Crippen LogP contribution is -2.14. The van der Waals surface area contributed by atoms with E-state index in [1.165, 1.54) is 4.68 Å². The van der Waals surface area contributed by atoms with Gasteiger partial charge >= 0.3 is 0 Å². The van der Waals surface area contributed by atoms with Crippen molar-refractivity contribution in [3.05, 3.63) is 28.8 Å². The third-order valence-electron chi connectivity index (χ3n) is 2.96. The van der Waals surface area contributed by atoms with Gasteiger partial charge in [-0.25, -0.2) is 8.42 Å². The minimum absolute atomic E-state index is 0.0341. The summed E-state index contributed by atoms with van der Waals surface area (Å²) >= 11 is 1.56. The molecule has 0 radical (unpaired) electrons. The molecule has 0 aliphatic heterocycles. The molecule has 2 rings (SSSR count). The molecule has 5 nitrogen and oxygen atoms in total. The molecule has 2 aromatic heterocycles. The summed E-state index contributed by atoms with van der Waals surface area (Å²) in [6.45, 7) is 3.87. The molecule has 7 heteroatoms. The van der Waals surface area contributed by atoms with E-state index >= 15 is 0 Å². The summed E-state index contributed by atoms with van der Waals surface area (Å²) in [5.74, 6) is 0.151. The summed E-state index contributed by atoms with van der Waals surface area (Å²) in [6.07, 6.45) is 2.35. The Kier molecular flexibility index (Phi) is 4.39. The molecule has 108 valence electrons. The minimum atomic E-state index is -3.04. The molecule has 0 aliphatic carbocycles. The van der Waals surface area contributed by atoms with Crippen LogP contribution in [0.25, 0.3) is 10.6 Å². The maximum absolute atomic E-state index is 11.5. The number of aromatic nitrogens is 2. The van der Waals surface area contributed by atoms with Crippen molar-refractivity contribution in [2.24, 2.45) is 0 Å². The van der Waals surface area contributed by atoms with Crippen LogP contribution in [0.5, 0.6) is 0 Å². The Bertz CT molecular complexity index is 714. The zero-order chi connectivity index (χ0) is 14.8. The van der Waals surface area contributed by atoms with Gasteiger partial charge in [-0.05, 0) is 19.1 Å². The van der Waals surface area contributed by atoms with Crippen molar-refractivity contribution in [1.82, 2.24) is 9.78 Å². The monoisotopic (exact) mass is 312 g/mol. The van der Waals surface area contributed by atoms with Gasteiger partial charge in [-0.3, -0.25) is 9.48 Å². The van der Waals surface area contributed by atoms with Gasteiger partial charge in [0.15, 0.2) is 16.1 Å². The van der Waals surface area contributed by atoms with Gasteiger partial charge in [0.05, 0.1) is 22.7 Å². The van der Waals surface area contributed by atoms with Crippen molar-refractivity contribution in [2.45, 2.75) is 20.4 Å². The van der Waals surface area contributed by atoms with E-state index in [9.17, 15) is 13.2 Å². The van der Waals surface area contributed by atoms with E-state index in [4.69, 9.17) is 0 Å². The molecule has 2 aromatic rings. The molecule has 0 aliphatic rings. The van der Waals surface area contributed by atoms with Crippen molar-refractivity contribution in [3.63, 3.8) is 0 Å². The number of hydrogen-bond acceptors (Lipinski definition) is 5. The molecular weight excluding hydrogens is 296 g/mol. The molecule has 0 bridgehead atoms. The Morgan fingerprint density at radius 1 is 1.40 bits per heavy atom. The predicted octanol–water partition coefficient (Wildman–Crippen LogP) is 2.17. The second-order valence-corrected chi connectivity index (χ2v) is 8.22. The Morgan fingerprint density at radius 3 is 2.70 bits per heavy atom. The Morgan fingerprint density at radius 2 is 2.15 bits per heavy atom. The average molecular weight is 312 g/mol. The fraction of sp³-hybridized carbons (Fsp3) is 0.385. The minimum Gasteiger partial charge on any atom is -0.298 e. The lowest BCUT2D eigenvalue weighted by molar-refractivity contribution is 0.112. The first-order valence-corrected chi connectivity index (χ1v) is 8.89. The molecule has 0 amide bonds. The summed E-state index contributed by atoms with van der Waals surface area (Å²) < 4.78 is 24.5. The number of hydrogen-bond donors (Lipinski definition) is 0. The highest BCUT2D eigenvalue weighted by atomic mass is 32.2. The lowest BCUT2D eigenvalue weighted by Gasteiger charge is -2.01. The second-order valence-electron chi connectivity index (χ2n) is 4.46. The summed E-state index contributed by atoms with van der Waals surface area (Å²) in [7, 11) is -3.04. The van der Waals surface area contributed by atoms with E-state index < -0.39 is 9.84 Å². The highest BCUT2D eigenvalue weighted by Gasteiger charge is 2.14. The van der Waals surface area contributed by atoms with E-state index in [-0.39, 0.29) is 18.1 Å². The maximum atomic E-state index is 11.5. The normalized spacial score (nSPS) is 11.7. The van der Waals surface area contributed by atoms with Gasteiger partial charge in [0.1, 0.15) is 5.69 Å². The van der Waals surface area contributed by atoms with Gasteiger partial charge < -0.3 is 0 Å². The van der Waals surface area contributed by atoms with Gasteiger partial charge in [-0.15, -0.1) is 11.3 Å². The number of aryl methyl sites for hydroxylation is 2. The number of carbonyl (C=O) groups excluding carboxylic acids is 1. The largest absolute Gasteiger partial charge is 0.298 e. The van der Waals surface area contributed by atoms with Crippen LogP contribution in [-0.4, -0.2) is 36.0 Å². The summed E-state index contributed by atoms with van der Waals surface area (Å²) in [5.41, 5.74) is 1.10. The first-order chi connectivity index (χ1) is 9.45. The molecule has 0 N–H and O–H groups in total. The Balaban J connectivity index is 2.25. The van der Waals surface area contributed by atoms with Crippen LogP contribution < -0.4 is 0 Å². The van der Waals surface area contributed by atoms with E-state index in [0.29, 0.717) is 11.3 Å². The zero-order valence-corrected chi connectivity index (χ0v) is 13.0. The van der Waals surface area contributed by atoms with E-state index in [0.717, 1.165) is 16.0 Å². The first kappa shape index (κ1) is 14.9. The van der Waals surface area contributed by atoms with Crippen LogP contribution >= 0.6 is 11.3 Å². The molecule has 20 heavy (non-hydrogen) atoms. The van der Waals surface area contributed by atoms with Crippen molar-refractivity contribution >= 4 is 27.5 Å².